The van der Waals surface area contributed by atoms with E-state index < -0.39 is 26.9 Å². The van der Waals surface area contributed by atoms with E-state index >= 15 is 0 Å². The average Bonchev–Trinajstić information content (AvgIpc) is 3.18. The first-order valence-corrected chi connectivity index (χ1v) is 10.7. The van der Waals surface area contributed by atoms with Crippen LogP contribution in [-0.2, 0) is 27.4 Å². The van der Waals surface area contributed by atoms with Gasteiger partial charge in [0.25, 0.3) is 5.69 Å². The zero-order valence-corrected chi connectivity index (χ0v) is 17.2. The number of fused-ring (bicyclic) bond motifs is 1. The number of imide groups is 1. The Bertz CT molecular complexity index is 1030. The van der Waals surface area contributed by atoms with Gasteiger partial charge < -0.3 is 10.1 Å². The van der Waals surface area contributed by atoms with E-state index in [4.69, 9.17) is 4.74 Å². The summed E-state index contributed by atoms with van der Waals surface area (Å²) in [7, 11) is 0. The SMILES string of the molecule is O=C(Cc1ccccc1)NC1C(=O)[N+]2(C(=O)OCc3ccc([N+](=O)[O-])cc3)CCS[C@@H]12. The average molecular weight is 442 g/mol. The van der Waals surface area contributed by atoms with Crippen molar-refractivity contribution in [1.29, 1.82) is 0 Å². The summed E-state index contributed by atoms with van der Waals surface area (Å²) in [6.07, 6.45) is -0.501. The van der Waals surface area contributed by atoms with Crippen LogP contribution in [-0.4, -0.2) is 51.0 Å². The Morgan fingerprint density at radius 1 is 1.13 bits per heavy atom. The molecule has 9 nitrogen and oxygen atoms in total. The maximum atomic E-state index is 12.9. The van der Waals surface area contributed by atoms with E-state index in [9.17, 15) is 24.5 Å². The van der Waals surface area contributed by atoms with Crippen molar-refractivity contribution in [2.45, 2.75) is 24.4 Å². The number of quaternary nitrogens is 1. The Kier molecular flexibility index (Phi) is 5.75. The number of non-ortho nitro benzene ring substituents is 1. The Hall–Kier alpha value is -3.24. The number of carbonyl (C=O) groups excluding carboxylic acids is 3. The number of hydrogen-bond acceptors (Lipinski definition) is 7. The number of nitro groups is 1. The second-order valence-electron chi connectivity index (χ2n) is 7.38. The summed E-state index contributed by atoms with van der Waals surface area (Å²) in [6.45, 7) is 0.227. The van der Waals surface area contributed by atoms with Gasteiger partial charge in [-0.15, -0.1) is 4.48 Å². The van der Waals surface area contributed by atoms with Crippen molar-refractivity contribution in [2.24, 2.45) is 0 Å². The van der Waals surface area contributed by atoms with Crippen molar-refractivity contribution in [1.82, 2.24) is 5.32 Å². The first-order chi connectivity index (χ1) is 14.9. The van der Waals surface area contributed by atoms with Crippen LogP contribution in [0.1, 0.15) is 11.1 Å². The second kappa shape index (κ2) is 8.48. The van der Waals surface area contributed by atoms with E-state index in [1.165, 1.54) is 36.0 Å². The van der Waals surface area contributed by atoms with E-state index in [0.29, 0.717) is 17.9 Å². The number of amides is 3. The molecule has 3 amide bonds. The van der Waals surface area contributed by atoms with Gasteiger partial charge in [0.15, 0.2) is 5.37 Å². The number of thioether (sulfide) groups is 1. The molecule has 0 aromatic heterocycles. The molecule has 2 saturated heterocycles. The molecule has 2 aromatic rings. The van der Waals surface area contributed by atoms with Gasteiger partial charge in [-0.05, 0) is 23.3 Å². The van der Waals surface area contributed by atoms with Crippen molar-refractivity contribution in [3.8, 4) is 0 Å². The molecule has 0 aliphatic carbocycles. The fourth-order valence-corrected chi connectivity index (χ4v) is 5.41. The largest absolute Gasteiger partial charge is 0.525 e. The van der Waals surface area contributed by atoms with Crippen LogP contribution in [0.4, 0.5) is 10.5 Å². The van der Waals surface area contributed by atoms with Crippen LogP contribution in [0.5, 0.6) is 0 Å². The van der Waals surface area contributed by atoms with Crippen molar-refractivity contribution in [3.05, 3.63) is 75.8 Å². The highest BCUT2D eigenvalue weighted by Crippen LogP contribution is 2.44. The molecule has 31 heavy (non-hydrogen) atoms. The van der Waals surface area contributed by atoms with Crippen molar-refractivity contribution in [3.63, 3.8) is 0 Å². The number of ether oxygens (including phenoxy) is 1. The Balaban J connectivity index is 1.37. The standard InChI is InChI=1S/C21H19N3O6S/c25-17(12-14-4-2-1-3-5-14)22-18-19(26)24(10-11-31-20(18)24)21(27)30-13-15-6-8-16(9-7-15)23(28)29/h1-9,18,20H,10-13H2/p+1/t18?,20-,24?/m0/s1. The predicted octanol–water partition coefficient (Wildman–Crippen LogP) is 2.39. The first-order valence-electron chi connectivity index (χ1n) is 9.69. The normalized spacial score (nSPS) is 24.1. The van der Waals surface area contributed by atoms with Gasteiger partial charge >= 0.3 is 12.0 Å². The summed E-state index contributed by atoms with van der Waals surface area (Å²) in [5, 5.41) is 13.1. The van der Waals surface area contributed by atoms with Crippen LogP contribution in [0.25, 0.3) is 0 Å². The van der Waals surface area contributed by atoms with Crippen LogP contribution >= 0.6 is 11.8 Å². The van der Waals surface area contributed by atoms with Gasteiger partial charge in [0.05, 0.1) is 11.3 Å². The summed E-state index contributed by atoms with van der Waals surface area (Å²) < 4.78 is 4.94. The minimum absolute atomic E-state index is 0.0556. The molecule has 10 heteroatoms. The summed E-state index contributed by atoms with van der Waals surface area (Å²) >= 11 is 1.47. The first kappa shape index (κ1) is 21.0. The molecule has 0 spiro atoms. The lowest BCUT2D eigenvalue weighted by molar-refractivity contribution is -0.816. The third-order valence-corrected chi connectivity index (χ3v) is 6.86. The van der Waals surface area contributed by atoms with Crippen LogP contribution in [0.15, 0.2) is 54.6 Å². The molecule has 2 aliphatic heterocycles. The van der Waals surface area contributed by atoms with Crippen LogP contribution < -0.4 is 5.32 Å². The highest BCUT2D eigenvalue weighted by atomic mass is 32.2. The van der Waals surface area contributed by atoms with Gasteiger partial charge in [-0.1, -0.05) is 42.1 Å². The molecule has 2 fully saturated rings. The van der Waals surface area contributed by atoms with Crippen molar-refractivity contribution in [2.75, 3.05) is 12.3 Å². The van der Waals surface area contributed by atoms with E-state index in [1.54, 1.807) is 0 Å². The van der Waals surface area contributed by atoms with E-state index in [0.717, 1.165) is 5.56 Å². The number of rotatable bonds is 6. The Morgan fingerprint density at radius 3 is 2.52 bits per heavy atom. The fourth-order valence-electron chi connectivity index (χ4n) is 3.84. The molecule has 0 radical (unpaired) electrons. The molecule has 0 bridgehead atoms. The monoisotopic (exact) mass is 442 g/mol. The highest BCUT2D eigenvalue weighted by Gasteiger charge is 2.72. The Labute approximate surface area is 182 Å². The van der Waals surface area contributed by atoms with Crippen LogP contribution in [0, 0.1) is 10.1 Å². The molecular weight excluding hydrogens is 422 g/mol. The smallest absolute Gasteiger partial charge is 0.415 e. The van der Waals surface area contributed by atoms with Crippen LogP contribution in [0.3, 0.4) is 0 Å². The Morgan fingerprint density at radius 2 is 1.84 bits per heavy atom. The minimum atomic E-state index is -0.726. The quantitative estimate of drug-likeness (QED) is 0.316. The third-order valence-electron chi connectivity index (χ3n) is 5.47. The topological polar surface area (TPSA) is 116 Å². The van der Waals surface area contributed by atoms with E-state index in [-0.39, 0.29) is 30.5 Å². The molecule has 1 N–H and O–H groups in total. The third kappa shape index (κ3) is 3.91. The highest BCUT2D eigenvalue weighted by molar-refractivity contribution is 8.00. The number of β-lactam (4-membered cyclic amide) rings is 1. The van der Waals surface area contributed by atoms with Gasteiger partial charge in [0.2, 0.25) is 11.9 Å². The maximum Gasteiger partial charge on any atom is 0.525 e. The number of benzene rings is 2. The fraction of sp³-hybridized carbons (Fsp3) is 0.286. The number of nitro benzene ring substituents is 1. The number of carbonyl (C=O) groups is 3. The lowest BCUT2D eigenvalue weighted by Crippen LogP contribution is -2.80. The minimum Gasteiger partial charge on any atom is -0.415 e. The van der Waals surface area contributed by atoms with Gasteiger partial charge in [-0.25, -0.2) is 4.79 Å². The lowest BCUT2D eigenvalue weighted by Gasteiger charge is -2.45. The molecule has 0 saturated carbocycles. The maximum absolute atomic E-state index is 12.9. The van der Waals surface area contributed by atoms with Crippen molar-refractivity contribution >= 4 is 35.4 Å². The number of hydrogen-bond donors (Lipinski definition) is 1. The molecule has 3 atom stereocenters. The van der Waals surface area contributed by atoms with E-state index in [1.807, 2.05) is 30.3 Å². The van der Waals surface area contributed by atoms with Gasteiger partial charge in [0.1, 0.15) is 13.2 Å². The number of nitrogens with one attached hydrogen (secondary N) is 1. The molecule has 160 valence electrons. The predicted molar refractivity (Wildman–Crippen MR) is 112 cm³/mol. The van der Waals surface area contributed by atoms with Crippen molar-refractivity contribution < 1.29 is 28.5 Å². The zero-order chi connectivity index (χ0) is 22.0. The summed E-state index contributed by atoms with van der Waals surface area (Å²) in [5.41, 5.74) is 1.37. The van der Waals surface area contributed by atoms with Gasteiger partial charge in [-0.2, -0.15) is 4.79 Å². The van der Waals surface area contributed by atoms with E-state index in [2.05, 4.69) is 5.32 Å². The zero-order valence-electron chi connectivity index (χ0n) is 16.4. The van der Waals surface area contributed by atoms with Gasteiger partial charge in [-0.3, -0.25) is 14.9 Å². The molecule has 2 heterocycles. The molecule has 2 aromatic carbocycles. The number of nitrogens with zero attached hydrogens (tertiary/aromatic N) is 2. The second-order valence-corrected chi connectivity index (χ2v) is 8.60. The molecule has 2 unspecified atom stereocenters. The van der Waals surface area contributed by atoms with Gasteiger partial charge in [0, 0.05) is 17.9 Å². The van der Waals surface area contributed by atoms with Crippen LogP contribution in [0.2, 0.25) is 0 Å². The molecular formula is C21H20N3O6S+. The lowest BCUT2D eigenvalue weighted by atomic mass is 10.0. The summed E-state index contributed by atoms with van der Waals surface area (Å²) in [5.74, 6) is -0.0344. The summed E-state index contributed by atoms with van der Waals surface area (Å²) in [6, 6.07) is 14.2. The molecule has 4 rings (SSSR count). The molecule has 2 aliphatic rings. The summed E-state index contributed by atoms with van der Waals surface area (Å²) in [4.78, 5) is 48.3.